The van der Waals surface area contributed by atoms with Gasteiger partial charge in [0.2, 0.25) is 0 Å². The molecular weight excluding hydrogens is 340 g/mol. The Bertz CT molecular complexity index is 755. The lowest BCUT2D eigenvalue weighted by Crippen LogP contribution is -2.26. The molecule has 2 aliphatic carbocycles. The molecule has 3 heteroatoms. The highest BCUT2D eigenvalue weighted by Gasteiger charge is 2.47. The number of fused-ring (bicyclic) bond motifs is 5. The van der Waals surface area contributed by atoms with E-state index in [-0.39, 0.29) is 11.5 Å². The summed E-state index contributed by atoms with van der Waals surface area (Å²) in [6.45, 7) is 2.35. The smallest absolute Gasteiger partial charge is 0.119 e. The lowest BCUT2D eigenvalue weighted by Gasteiger charge is -2.38. The molecule has 0 heterocycles. The number of rotatable bonds is 1. The van der Waals surface area contributed by atoms with Gasteiger partial charge in [-0.2, -0.15) is 0 Å². The first kappa shape index (κ1) is 14.5. The van der Waals surface area contributed by atoms with Crippen LogP contribution in [-0.4, -0.2) is 18.3 Å². The number of benzene rings is 2. The van der Waals surface area contributed by atoms with Gasteiger partial charge in [0, 0.05) is 4.47 Å². The van der Waals surface area contributed by atoms with Crippen molar-refractivity contribution in [2.75, 3.05) is 7.11 Å². The average Bonchev–Trinajstić information content (AvgIpc) is 2.81. The van der Waals surface area contributed by atoms with Gasteiger partial charge in [0.15, 0.2) is 0 Å². The molecule has 0 bridgehead atoms. The minimum atomic E-state index is -0.152. The Kier molecular flexibility index (Phi) is 3.28. The second-order valence-corrected chi connectivity index (χ2v) is 7.99. The second kappa shape index (κ2) is 4.97. The van der Waals surface area contributed by atoms with Crippen LogP contribution in [0.3, 0.4) is 0 Å². The van der Waals surface area contributed by atoms with Crippen molar-refractivity contribution in [2.45, 2.75) is 44.6 Å². The van der Waals surface area contributed by atoms with Gasteiger partial charge < -0.3 is 9.84 Å². The zero-order chi connectivity index (χ0) is 15.5. The van der Waals surface area contributed by atoms with Crippen molar-refractivity contribution in [3.63, 3.8) is 0 Å². The first-order valence-corrected chi connectivity index (χ1v) is 8.78. The van der Waals surface area contributed by atoms with Gasteiger partial charge in [-0.1, -0.05) is 22.9 Å². The molecule has 0 unspecified atom stereocenters. The number of hydrogen-bond donors (Lipinski definition) is 1. The summed E-state index contributed by atoms with van der Waals surface area (Å²) in [6, 6.07) is 8.61. The zero-order valence-corrected chi connectivity index (χ0v) is 14.6. The highest BCUT2D eigenvalue weighted by Crippen LogP contribution is 2.57. The summed E-state index contributed by atoms with van der Waals surface area (Å²) in [7, 11) is 1.72. The maximum atomic E-state index is 10.2. The molecule has 1 N–H and O–H groups in total. The monoisotopic (exact) mass is 360 g/mol. The summed E-state index contributed by atoms with van der Waals surface area (Å²) in [6.07, 6.45) is 3.93. The molecule has 2 aliphatic rings. The Morgan fingerprint density at radius 3 is 2.86 bits per heavy atom. The fourth-order valence-corrected chi connectivity index (χ4v) is 5.26. The molecule has 3 atom stereocenters. The van der Waals surface area contributed by atoms with Gasteiger partial charge in [-0.15, -0.1) is 0 Å². The highest BCUT2D eigenvalue weighted by molar-refractivity contribution is 9.10. The van der Waals surface area contributed by atoms with Crippen molar-refractivity contribution in [3.8, 4) is 5.75 Å². The fourth-order valence-electron chi connectivity index (χ4n) is 4.66. The quantitative estimate of drug-likeness (QED) is 0.791. The minimum absolute atomic E-state index is 0.152. The van der Waals surface area contributed by atoms with Crippen molar-refractivity contribution in [1.82, 2.24) is 0 Å². The highest BCUT2D eigenvalue weighted by atomic mass is 79.9. The predicted octanol–water partition coefficient (Wildman–Crippen LogP) is 4.80. The molecule has 1 saturated carbocycles. The topological polar surface area (TPSA) is 29.5 Å². The van der Waals surface area contributed by atoms with Crippen LogP contribution < -0.4 is 4.74 Å². The summed E-state index contributed by atoms with van der Waals surface area (Å²) in [5, 5.41) is 12.7. The lowest BCUT2D eigenvalue weighted by molar-refractivity contribution is 0.159. The third-order valence-electron chi connectivity index (χ3n) is 5.81. The van der Waals surface area contributed by atoms with E-state index in [0.717, 1.165) is 35.9 Å². The average molecular weight is 361 g/mol. The van der Waals surface area contributed by atoms with Crippen LogP contribution in [-0.2, 0) is 6.42 Å². The number of aliphatic hydroxyl groups excluding tert-OH is 1. The van der Waals surface area contributed by atoms with E-state index >= 15 is 0 Å². The number of aryl methyl sites for hydroxylation is 1. The third-order valence-corrected chi connectivity index (χ3v) is 6.47. The molecule has 0 aliphatic heterocycles. The third kappa shape index (κ3) is 2.02. The predicted molar refractivity (Wildman–Crippen MR) is 92.6 cm³/mol. The zero-order valence-electron chi connectivity index (χ0n) is 13.0. The second-order valence-electron chi connectivity index (χ2n) is 7.14. The van der Waals surface area contributed by atoms with Gasteiger partial charge in [0.25, 0.3) is 0 Å². The van der Waals surface area contributed by atoms with Gasteiger partial charge in [0.05, 0.1) is 13.2 Å². The first-order chi connectivity index (χ1) is 10.5. The van der Waals surface area contributed by atoms with E-state index < -0.39 is 0 Å². The molecule has 116 valence electrons. The van der Waals surface area contributed by atoms with Gasteiger partial charge >= 0.3 is 0 Å². The van der Waals surface area contributed by atoms with Crippen LogP contribution in [0.25, 0.3) is 10.8 Å². The Hall–Kier alpha value is -1.06. The van der Waals surface area contributed by atoms with Crippen LogP contribution in [0.2, 0.25) is 0 Å². The molecule has 1 fully saturated rings. The summed E-state index contributed by atoms with van der Waals surface area (Å²) >= 11 is 3.75. The van der Waals surface area contributed by atoms with E-state index in [1.165, 1.54) is 21.9 Å². The number of aliphatic hydroxyl groups is 1. The van der Waals surface area contributed by atoms with Gasteiger partial charge in [-0.25, -0.2) is 0 Å². The van der Waals surface area contributed by atoms with Crippen molar-refractivity contribution in [2.24, 2.45) is 5.41 Å². The van der Waals surface area contributed by atoms with Crippen LogP contribution in [0, 0.1) is 5.41 Å². The van der Waals surface area contributed by atoms with Crippen LogP contribution >= 0.6 is 15.9 Å². The molecule has 0 spiro atoms. The number of halogens is 1. The number of ether oxygens (including phenoxy) is 1. The molecule has 0 saturated heterocycles. The Balaban J connectivity index is 1.96. The molecule has 0 amide bonds. The normalized spacial score (nSPS) is 30.2. The number of methoxy groups -OCH3 is 1. The Labute approximate surface area is 139 Å². The van der Waals surface area contributed by atoms with E-state index in [1.54, 1.807) is 7.11 Å². The van der Waals surface area contributed by atoms with Crippen LogP contribution in [0.15, 0.2) is 28.7 Å². The van der Waals surface area contributed by atoms with Crippen molar-refractivity contribution < 1.29 is 9.84 Å². The lowest BCUT2D eigenvalue weighted by atomic mass is 9.66. The summed E-state index contributed by atoms with van der Waals surface area (Å²) in [4.78, 5) is 0. The standard InChI is InChI=1S/C19H21BrO2/c1-19-6-5-13-15-8-12(22-2)3-4-14(15)18(20)9-16(13)17(19)7-11(21)10-19/h3-4,8-9,11,17,21H,5-7,10H2,1-2H3/t11-,17+,19-/m1/s1. The van der Waals surface area contributed by atoms with Gasteiger partial charge in [-0.05, 0) is 83.2 Å². The summed E-state index contributed by atoms with van der Waals surface area (Å²) in [5.41, 5.74) is 3.13. The summed E-state index contributed by atoms with van der Waals surface area (Å²) < 4.78 is 6.57. The SMILES string of the molecule is COc1ccc2c(Br)cc3c(c2c1)CC[C@]1(C)C[C@H](O)C[C@@H]31. The van der Waals surface area contributed by atoms with Crippen molar-refractivity contribution in [1.29, 1.82) is 0 Å². The molecular formula is C19H21BrO2. The molecule has 2 aromatic carbocycles. The minimum Gasteiger partial charge on any atom is -0.497 e. The first-order valence-electron chi connectivity index (χ1n) is 7.99. The maximum absolute atomic E-state index is 10.2. The van der Waals surface area contributed by atoms with E-state index in [1.807, 2.05) is 6.07 Å². The summed E-state index contributed by atoms with van der Waals surface area (Å²) in [5.74, 6) is 1.38. The molecule has 2 aromatic rings. The van der Waals surface area contributed by atoms with Crippen LogP contribution in [0.1, 0.15) is 43.2 Å². The molecule has 22 heavy (non-hydrogen) atoms. The van der Waals surface area contributed by atoms with E-state index in [9.17, 15) is 5.11 Å². The molecule has 4 rings (SSSR count). The number of hydrogen-bond acceptors (Lipinski definition) is 2. The maximum Gasteiger partial charge on any atom is 0.119 e. The Morgan fingerprint density at radius 1 is 1.27 bits per heavy atom. The molecule has 0 radical (unpaired) electrons. The van der Waals surface area contributed by atoms with E-state index in [4.69, 9.17) is 4.74 Å². The van der Waals surface area contributed by atoms with Crippen LogP contribution in [0.4, 0.5) is 0 Å². The van der Waals surface area contributed by atoms with E-state index in [2.05, 4.69) is 41.1 Å². The van der Waals surface area contributed by atoms with Gasteiger partial charge in [0.1, 0.15) is 5.75 Å². The van der Waals surface area contributed by atoms with E-state index in [0.29, 0.717) is 5.92 Å². The van der Waals surface area contributed by atoms with Crippen molar-refractivity contribution >= 4 is 26.7 Å². The van der Waals surface area contributed by atoms with Crippen LogP contribution in [0.5, 0.6) is 5.75 Å². The van der Waals surface area contributed by atoms with Crippen molar-refractivity contribution in [3.05, 3.63) is 39.9 Å². The molecule has 2 nitrogen and oxygen atoms in total. The fraction of sp³-hybridized carbons (Fsp3) is 0.474. The van der Waals surface area contributed by atoms with Gasteiger partial charge in [-0.3, -0.25) is 0 Å². The largest absolute Gasteiger partial charge is 0.497 e. The molecule has 0 aromatic heterocycles. The Morgan fingerprint density at radius 2 is 2.09 bits per heavy atom.